The molecule has 1 N–H and O–H groups in total. The number of aryl methyl sites for hydroxylation is 2. The number of hydrogen-bond acceptors (Lipinski definition) is 2. The highest BCUT2D eigenvalue weighted by molar-refractivity contribution is 6.01. The molecular weight excluding hydrogens is 468 g/mol. The number of hydrogen-bond donors (Lipinski definition) is 1. The lowest BCUT2D eigenvalue weighted by Crippen LogP contribution is -2.40. The Kier molecular flexibility index (Phi) is 7.33. The average molecular weight is 500 g/mol. The molecule has 1 fully saturated rings. The highest BCUT2D eigenvalue weighted by Gasteiger charge is 2.24. The number of carboxylic acids is 1. The van der Waals surface area contributed by atoms with E-state index in [4.69, 9.17) is 0 Å². The number of benzene rings is 3. The molecule has 5 rings (SSSR count). The molecule has 0 atom stereocenters. The van der Waals surface area contributed by atoms with Gasteiger partial charge in [0.25, 0.3) is 0 Å². The standard InChI is InChI=1S/C32H31F2NO2/c1-21-5-2-8-29(34)30(21)28-7-3-6-25-18-26(32(36)37)13-14-27(25)31(28)24-11-9-22(10-12-24)17-23-19-35(20-23)16-4-15-33/h2,5,8-14,17-18H,3-4,6-7,15-16,19-20H2,1H3,(H,36,37). The molecule has 3 nitrogen and oxygen atoms in total. The summed E-state index contributed by atoms with van der Waals surface area (Å²) < 4.78 is 27.6. The molecule has 1 saturated heterocycles. The first-order valence-electron chi connectivity index (χ1n) is 12.9. The Balaban J connectivity index is 1.57. The van der Waals surface area contributed by atoms with Crippen LogP contribution in [0.4, 0.5) is 8.78 Å². The van der Waals surface area contributed by atoms with Crippen molar-refractivity contribution in [3.05, 3.63) is 111 Å². The SMILES string of the molecule is Cc1cccc(F)c1C1=C(c2ccc(C=C3CN(CCCF)C3)cc2)c2ccc(C(=O)O)cc2CCC1. The van der Waals surface area contributed by atoms with Crippen LogP contribution in [0, 0.1) is 12.7 Å². The van der Waals surface area contributed by atoms with Crippen molar-refractivity contribution in [3.63, 3.8) is 0 Å². The maximum Gasteiger partial charge on any atom is 0.335 e. The number of carboxylic acid groups (broad SMARTS) is 1. The van der Waals surface area contributed by atoms with E-state index in [-0.39, 0.29) is 18.1 Å². The summed E-state index contributed by atoms with van der Waals surface area (Å²) in [4.78, 5) is 13.9. The Morgan fingerprint density at radius 2 is 1.84 bits per heavy atom. The molecule has 0 amide bonds. The van der Waals surface area contributed by atoms with Crippen LogP contribution in [0.5, 0.6) is 0 Å². The fraction of sp³-hybridized carbons (Fsp3) is 0.281. The third kappa shape index (κ3) is 5.28. The molecule has 0 aromatic heterocycles. The first kappa shape index (κ1) is 25.1. The van der Waals surface area contributed by atoms with Crippen molar-refractivity contribution in [1.29, 1.82) is 0 Å². The van der Waals surface area contributed by atoms with Crippen LogP contribution in [-0.2, 0) is 6.42 Å². The van der Waals surface area contributed by atoms with Crippen LogP contribution in [0.25, 0.3) is 17.2 Å². The van der Waals surface area contributed by atoms with Gasteiger partial charge in [0, 0.05) is 25.2 Å². The molecule has 1 aliphatic carbocycles. The van der Waals surface area contributed by atoms with Gasteiger partial charge in [0.1, 0.15) is 5.82 Å². The van der Waals surface area contributed by atoms with Gasteiger partial charge in [-0.1, -0.05) is 48.5 Å². The minimum Gasteiger partial charge on any atom is -0.478 e. The maximum absolute atomic E-state index is 15.2. The second kappa shape index (κ2) is 10.8. The Hall–Kier alpha value is -3.57. The molecule has 2 aliphatic rings. The van der Waals surface area contributed by atoms with E-state index in [2.05, 4.69) is 35.2 Å². The Morgan fingerprint density at radius 1 is 1.05 bits per heavy atom. The predicted octanol–water partition coefficient (Wildman–Crippen LogP) is 7.19. The largest absolute Gasteiger partial charge is 0.478 e. The quantitative estimate of drug-likeness (QED) is 0.374. The Labute approximate surface area is 216 Å². The summed E-state index contributed by atoms with van der Waals surface area (Å²) in [6.45, 7) is 4.21. The molecule has 1 heterocycles. The molecule has 0 radical (unpaired) electrons. The maximum atomic E-state index is 15.2. The van der Waals surface area contributed by atoms with Gasteiger partial charge in [0.2, 0.25) is 0 Å². The molecule has 3 aromatic rings. The van der Waals surface area contributed by atoms with Gasteiger partial charge < -0.3 is 5.11 Å². The van der Waals surface area contributed by atoms with Crippen LogP contribution in [0.2, 0.25) is 0 Å². The number of likely N-dealkylation sites (tertiary alicyclic amines) is 1. The minimum absolute atomic E-state index is 0.234. The van der Waals surface area contributed by atoms with E-state index < -0.39 is 5.97 Å². The number of rotatable bonds is 7. The summed E-state index contributed by atoms with van der Waals surface area (Å²) >= 11 is 0. The zero-order chi connectivity index (χ0) is 25.9. The Bertz CT molecular complexity index is 1360. The second-order valence-electron chi connectivity index (χ2n) is 9.99. The van der Waals surface area contributed by atoms with E-state index in [1.807, 2.05) is 19.1 Å². The highest BCUT2D eigenvalue weighted by Crippen LogP contribution is 2.41. The van der Waals surface area contributed by atoms with Crippen molar-refractivity contribution in [2.24, 2.45) is 0 Å². The van der Waals surface area contributed by atoms with Gasteiger partial charge in [0.15, 0.2) is 0 Å². The summed E-state index contributed by atoms with van der Waals surface area (Å²) in [7, 11) is 0. The fourth-order valence-electron chi connectivity index (χ4n) is 5.56. The van der Waals surface area contributed by atoms with E-state index in [9.17, 15) is 14.3 Å². The average Bonchev–Trinajstić information content (AvgIpc) is 3.04. The molecule has 0 spiro atoms. The monoisotopic (exact) mass is 499 g/mol. The molecule has 0 bridgehead atoms. The van der Waals surface area contributed by atoms with Crippen LogP contribution in [0.1, 0.15) is 63.0 Å². The third-order valence-corrected chi connectivity index (χ3v) is 7.35. The lowest BCUT2D eigenvalue weighted by molar-refractivity contribution is 0.0696. The summed E-state index contributed by atoms with van der Waals surface area (Å²) in [6, 6.07) is 18.8. The van der Waals surface area contributed by atoms with Crippen LogP contribution in [-0.4, -0.2) is 42.3 Å². The molecule has 0 unspecified atom stereocenters. The molecule has 0 saturated carbocycles. The molecule has 5 heteroatoms. The summed E-state index contributed by atoms with van der Waals surface area (Å²) in [5.74, 6) is -1.18. The molecule has 1 aliphatic heterocycles. The number of alkyl halides is 1. The van der Waals surface area contributed by atoms with E-state index in [0.29, 0.717) is 18.4 Å². The van der Waals surface area contributed by atoms with Crippen molar-refractivity contribution in [2.75, 3.05) is 26.3 Å². The van der Waals surface area contributed by atoms with Gasteiger partial charge in [-0.15, -0.1) is 0 Å². The van der Waals surface area contributed by atoms with Crippen molar-refractivity contribution in [2.45, 2.75) is 32.6 Å². The van der Waals surface area contributed by atoms with E-state index in [0.717, 1.165) is 71.4 Å². The number of aromatic carboxylic acids is 1. The third-order valence-electron chi connectivity index (χ3n) is 7.35. The minimum atomic E-state index is -0.945. The number of allylic oxidation sites excluding steroid dienone is 1. The van der Waals surface area contributed by atoms with Crippen LogP contribution >= 0.6 is 0 Å². The number of carbonyl (C=O) groups is 1. The normalized spacial score (nSPS) is 15.7. The van der Waals surface area contributed by atoms with Gasteiger partial charge >= 0.3 is 5.97 Å². The number of nitrogens with zero attached hydrogens (tertiary/aromatic N) is 1. The molecule has 37 heavy (non-hydrogen) atoms. The van der Waals surface area contributed by atoms with Crippen molar-refractivity contribution >= 4 is 23.2 Å². The van der Waals surface area contributed by atoms with Gasteiger partial charge in [-0.05, 0) is 95.3 Å². The summed E-state index contributed by atoms with van der Waals surface area (Å²) in [5, 5.41) is 9.54. The van der Waals surface area contributed by atoms with Crippen LogP contribution in [0.3, 0.4) is 0 Å². The lowest BCUT2D eigenvalue weighted by Gasteiger charge is -2.33. The van der Waals surface area contributed by atoms with Crippen molar-refractivity contribution in [3.8, 4) is 0 Å². The smallest absolute Gasteiger partial charge is 0.335 e. The van der Waals surface area contributed by atoms with Gasteiger partial charge in [0.05, 0.1) is 12.2 Å². The second-order valence-corrected chi connectivity index (χ2v) is 9.99. The first-order valence-corrected chi connectivity index (χ1v) is 12.9. The molecule has 190 valence electrons. The predicted molar refractivity (Wildman–Crippen MR) is 145 cm³/mol. The number of halogens is 2. The van der Waals surface area contributed by atoms with E-state index in [1.54, 1.807) is 18.2 Å². The Morgan fingerprint density at radius 3 is 2.54 bits per heavy atom. The van der Waals surface area contributed by atoms with Gasteiger partial charge in [-0.2, -0.15) is 0 Å². The highest BCUT2D eigenvalue weighted by atomic mass is 19.1. The van der Waals surface area contributed by atoms with Gasteiger partial charge in [-0.3, -0.25) is 9.29 Å². The van der Waals surface area contributed by atoms with Gasteiger partial charge in [-0.25, -0.2) is 9.18 Å². The summed E-state index contributed by atoms with van der Waals surface area (Å²) in [5.41, 5.74) is 9.10. The molecule has 3 aromatic carbocycles. The zero-order valence-corrected chi connectivity index (χ0v) is 21.1. The lowest BCUT2D eigenvalue weighted by atomic mass is 9.85. The first-order chi connectivity index (χ1) is 17.9. The summed E-state index contributed by atoms with van der Waals surface area (Å²) in [6.07, 6.45) is 5.02. The van der Waals surface area contributed by atoms with E-state index >= 15 is 4.39 Å². The van der Waals surface area contributed by atoms with Crippen LogP contribution < -0.4 is 0 Å². The molecular formula is C32H31F2NO2. The zero-order valence-electron chi connectivity index (χ0n) is 21.1. The van der Waals surface area contributed by atoms with Crippen LogP contribution in [0.15, 0.2) is 66.2 Å². The van der Waals surface area contributed by atoms with Crippen molar-refractivity contribution in [1.82, 2.24) is 4.90 Å². The van der Waals surface area contributed by atoms with E-state index in [1.165, 1.54) is 11.6 Å². The topological polar surface area (TPSA) is 40.5 Å². The van der Waals surface area contributed by atoms with Crippen molar-refractivity contribution < 1.29 is 18.7 Å². The number of fused-ring (bicyclic) bond motifs is 1. The fourth-order valence-corrected chi connectivity index (χ4v) is 5.56.